The van der Waals surface area contributed by atoms with E-state index in [1.54, 1.807) is 6.92 Å². The molecule has 0 heterocycles. The smallest absolute Gasteiger partial charge is 0.246 e. The van der Waals surface area contributed by atoms with Crippen molar-refractivity contribution in [2.24, 2.45) is 5.41 Å². The normalized spacial score (nSPS) is 11.0. The number of hydrogen-bond donors (Lipinski definition) is 3. The molecule has 0 unspecified atom stereocenters. The van der Waals surface area contributed by atoms with Crippen LogP contribution in [0.2, 0.25) is 0 Å². The molecule has 0 aliphatic carbocycles. The van der Waals surface area contributed by atoms with E-state index in [4.69, 9.17) is 0 Å². The van der Waals surface area contributed by atoms with Crippen LogP contribution in [0.1, 0.15) is 71.6 Å². The zero-order valence-electron chi connectivity index (χ0n) is 25.6. The molecular weight excluding hydrogens is 466 g/mol. The number of nitrogens with one attached hydrogen (secondary N) is 3. The van der Waals surface area contributed by atoms with E-state index in [0.717, 1.165) is 29.8 Å². The summed E-state index contributed by atoms with van der Waals surface area (Å²) in [7, 11) is 1.89. The molecular formula is C34H53N3O. The van der Waals surface area contributed by atoms with Crippen LogP contribution in [0.3, 0.4) is 0 Å². The summed E-state index contributed by atoms with van der Waals surface area (Å²) < 4.78 is 0. The van der Waals surface area contributed by atoms with Gasteiger partial charge in [0.1, 0.15) is 0 Å². The standard InChI is InChI=1S/C22H34N2O.C10H13N.C2H6/c1-15(2)20(24-21(25)16(3)4)14-23-19-10-9-18(13-17(19)5)11-12-22(6,7)8;1-9(11-2)8-10-6-4-3-5-7-10;1-2/h9-10,13,20,23H,1,3,11-12,14H2,2,4-8H3,(H,24,25);3-7,11H,1,8H2,2H3;1-2H3/t20-;;/m0../s1. The van der Waals surface area contributed by atoms with Gasteiger partial charge in [0.2, 0.25) is 5.91 Å². The maximum Gasteiger partial charge on any atom is 0.246 e. The summed E-state index contributed by atoms with van der Waals surface area (Å²) in [6.45, 7) is 28.7. The number of carbonyl (C=O) groups excluding carboxylic acids is 1. The third-order valence-electron chi connectivity index (χ3n) is 5.85. The first-order valence-corrected chi connectivity index (χ1v) is 13.7. The Morgan fingerprint density at radius 2 is 1.55 bits per heavy atom. The van der Waals surface area contributed by atoms with E-state index in [9.17, 15) is 4.79 Å². The lowest BCUT2D eigenvalue weighted by molar-refractivity contribution is -0.117. The molecule has 0 spiro atoms. The Kier molecular flexibility index (Phi) is 16.5. The molecule has 4 nitrogen and oxygen atoms in total. The summed E-state index contributed by atoms with van der Waals surface area (Å²) in [6.07, 6.45) is 3.18. The van der Waals surface area contributed by atoms with Crippen LogP contribution in [-0.4, -0.2) is 25.5 Å². The summed E-state index contributed by atoms with van der Waals surface area (Å²) in [5.41, 5.74) is 7.80. The third-order valence-corrected chi connectivity index (χ3v) is 5.85. The average molecular weight is 520 g/mol. The molecule has 0 radical (unpaired) electrons. The zero-order chi connectivity index (χ0) is 29.3. The third kappa shape index (κ3) is 15.1. The highest BCUT2D eigenvalue weighted by atomic mass is 16.1. The van der Waals surface area contributed by atoms with Crippen LogP contribution in [0.25, 0.3) is 0 Å². The molecule has 2 aromatic carbocycles. The van der Waals surface area contributed by atoms with E-state index in [1.165, 1.54) is 23.1 Å². The predicted molar refractivity (Wildman–Crippen MR) is 169 cm³/mol. The molecule has 1 amide bonds. The second kappa shape index (κ2) is 18.1. The van der Waals surface area contributed by atoms with E-state index in [1.807, 2.05) is 46.0 Å². The number of hydrogen-bond acceptors (Lipinski definition) is 3. The van der Waals surface area contributed by atoms with Gasteiger partial charge in [-0.2, -0.15) is 0 Å². The molecule has 0 fully saturated rings. The van der Waals surface area contributed by atoms with Crippen molar-refractivity contribution in [1.82, 2.24) is 10.6 Å². The lowest BCUT2D eigenvalue weighted by atomic mass is 9.88. The monoisotopic (exact) mass is 519 g/mol. The molecule has 0 aliphatic heterocycles. The van der Waals surface area contributed by atoms with Gasteiger partial charge in [0.05, 0.1) is 6.04 Å². The Morgan fingerprint density at radius 1 is 0.947 bits per heavy atom. The molecule has 210 valence electrons. The predicted octanol–water partition coefficient (Wildman–Crippen LogP) is 8.01. The SMILES string of the molecule is C=C(C)C(=O)N[C@@H](CNc1ccc(CCC(C)(C)C)cc1C)C(=C)C.C=C(Cc1ccccc1)NC.CC. The molecule has 0 bridgehead atoms. The second-order valence-electron chi connectivity index (χ2n) is 10.8. The molecule has 0 saturated carbocycles. The fourth-order valence-electron chi connectivity index (χ4n) is 3.37. The topological polar surface area (TPSA) is 53.2 Å². The van der Waals surface area contributed by atoms with Crippen LogP contribution in [0.5, 0.6) is 0 Å². The zero-order valence-corrected chi connectivity index (χ0v) is 25.6. The summed E-state index contributed by atoms with van der Waals surface area (Å²) in [4.78, 5) is 11.9. The fraction of sp³-hybridized carbons (Fsp3) is 0.441. The average Bonchev–Trinajstić information content (AvgIpc) is 2.87. The largest absolute Gasteiger partial charge is 0.392 e. The molecule has 3 N–H and O–H groups in total. The molecule has 38 heavy (non-hydrogen) atoms. The summed E-state index contributed by atoms with van der Waals surface area (Å²) in [5, 5.41) is 9.41. The lowest BCUT2D eigenvalue weighted by Crippen LogP contribution is -2.40. The molecule has 0 saturated heterocycles. The Bertz CT molecular complexity index is 1020. The highest BCUT2D eigenvalue weighted by molar-refractivity contribution is 5.92. The van der Waals surface area contributed by atoms with Gasteiger partial charge in [0.25, 0.3) is 0 Å². The van der Waals surface area contributed by atoms with Crippen LogP contribution in [-0.2, 0) is 17.6 Å². The molecule has 4 heteroatoms. The number of rotatable bonds is 11. The summed E-state index contributed by atoms with van der Waals surface area (Å²) >= 11 is 0. The fourth-order valence-corrected chi connectivity index (χ4v) is 3.37. The van der Waals surface area contributed by atoms with E-state index in [2.05, 4.69) is 93.7 Å². The van der Waals surface area contributed by atoms with Gasteiger partial charge in [-0.1, -0.05) is 102 Å². The van der Waals surface area contributed by atoms with Gasteiger partial charge in [-0.3, -0.25) is 4.79 Å². The first-order valence-electron chi connectivity index (χ1n) is 13.7. The van der Waals surface area contributed by atoms with Gasteiger partial charge in [-0.15, -0.1) is 0 Å². The summed E-state index contributed by atoms with van der Waals surface area (Å²) in [6, 6.07) is 16.7. The number of anilines is 1. The summed E-state index contributed by atoms with van der Waals surface area (Å²) in [5.74, 6) is -0.135. The van der Waals surface area contributed by atoms with E-state index >= 15 is 0 Å². The van der Waals surface area contributed by atoms with Gasteiger partial charge in [-0.25, -0.2) is 0 Å². The first kappa shape index (κ1) is 34.7. The van der Waals surface area contributed by atoms with E-state index in [-0.39, 0.29) is 11.9 Å². The minimum absolute atomic E-state index is 0.121. The van der Waals surface area contributed by atoms with Crippen LogP contribution in [0, 0.1) is 12.3 Å². The van der Waals surface area contributed by atoms with E-state index in [0.29, 0.717) is 17.5 Å². The Morgan fingerprint density at radius 3 is 2.03 bits per heavy atom. The molecule has 2 rings (SSSR count). The maximum absolute atomic E-state index is 11.9. The van der Waals surface area contributed by atoms with Crippen LogP contribution in [0.15, 0.2) is 85.1 Å². The number of benzene rings is 2. The number of likely N-dealkylation sites (N-methyl/N-ethyl adjacent to an activating group) is 1. The van der Waals surface area contributed by atoms with E-state index < -0.39 is 0 Å². The van der Waals surface area contributed by atoms with Crippen molar-refractivity contribution in [3.05, 3.63) is 102 Å². The second-order valence-corrected chi connectivity index (χ2v) is 10.8. The Balaban J connectivity index is 0.000000873. The molecule has 0 aliphatic rings. The number of carbonyl (C=O) groups is 1. The van der Waals surface area contributed by atoms with Crippen molar-refractivity contribution in [3.63, 3.8) is 0 Å². The molecule has 0 aromatic heterocycles. The van der Waals surface area contributed by atoms with Crippen molar-refractivity contribution >= 4 is 11.6 Å². The van der Waals surface area contributed by atoms with Crippen molar-refractivity contribution in [1.29, 1.82) is 0 Å². The maximum atomic E-state index is 11.9. The van der Waals surface area contributed by atoms with Gasteiger partial charge in [0.15, 0.2) is 0 Å². The van der Waals surface area contributed by atoms with Gasteiger partial charge < -0.3 is 16.0 Å². The van der Waals surface area contributed by atoms with Crippen molar-refractivity contribution in [2.75, 3.05) is 18.9 Å². The van der Waals surface area contributed by atoms with Crippen molar-refractivity contribution < 1.29 is 4.79 Å². The van der Waals surface area contributed by atoms with Gasteiger partial charge in [0, 0.05) is 37.0 Å². The minimum Gasteiger partial charge on any atom is -0.392 e. The van der Waals surface area contributed by atoms with Crippen LogP contribution < -0.4 is 16.0 Å². The molecule has 2 aromatic rings. The van der Waals surface area contributed by atoms with Crippen LogP contribution in [0.4, 0.5) is 5.69 Å². The van der Waals surface area contributed by atoms with Crippen LogP contribution >= 0.6 is 0 Å². The first-order chi connectivity index (χ1) is 17.8. The number of allylic oxidation sites excluding steroid dienone is 1. The highest BCUT2D eigenvalue weighted by Gasteiger charge is 2.14. The Hall–Kier alpha value is -3.27. The number of amides is 1. The minimum atomic E-state index is -0.135. The van der Waals surface area contributed by atoms with Crippen molar-refractivity contribution in [2.45, 2.75) is 80.7 Å². The van der Waals surface area contributed by atoms with Crippen molar-refractivity contribution in [3.8, 4) is 0 Å². The highest BCUT2D eigenvalue weighted by Crippen LogP contribution is 2.24. The lowest BCUT2D eigenvalue weighted by Gasteiger charge is -2.21. The quantitative estimate of drug-likeness (QED) is 0.208. The van der Waals surface area contributed by atoms with Gasteiger partial charge >= 0.3 is 0 Å². The van der Waals surface area contributed by atoms with Gasteiger partial charge in [-0.05, 0) is 61.8 Å². The Labute approximate surface area is 233 Å². The number of aryl methyl sites for hydroxylation is 2. The molecule has 1 atom stereocenters.